The maximum atomic E-state index is 11.2. The first-order chi connectivity index (χ1) is 10.4. The lowest BCUT2D eigenvalue weighted by Gasteiger charge is -2.21. The molecule has 0 radical (unpaired) electrons. The van der Waals surface area contributed by atoms with Gasteiger partial charge in [0.15, 0.2) is 5.75 Å². The van der Waals surface area contributed by atoms with Gasteiger partial charge in [0.05, 0.1) is 16.4 Å². The van der Waals surface area contributed by atoms with Crippen LogP contribution in [0.4, 0.5) is 5.69 Å². The summed E-state index contributed by atoms with van der Waals surface area (Å²) in [4.78, 5) is 10.0. The molecular formula is C13H18N2O6S. The van der Waals surface area contributed by atoms with Crippen molar-refractivity contribution in [1.29, 1.82) is 0 Å². The van der Waals surface area contributed by atoms with Crippen molar-refractivity contribution in [3.05, 3.63) is 28.3 Å². The third kappa shape index (κ3) is 4.39. The second-order valence-electron chi connectivity index (χ2n) is 5.12. The van der Waals surface area contributed by atoms with Crippen LogP contribution < -0.4 is 9.88 Å². The Kier molecular flexibility index (Phi) is 5.33. The van der Waals surface area contributed by atoms with E-state index in [2.05, 4.69) is 0 Å². The molecule has 1 aromatic carbocycles. The van der Waals surface area contributed by atoms with Crippen LogP contribution in [0.3, 0.4) is 0 Å². The molecule has 22 heavy (non-hydrogen) atoms. The molecule has 0 atom stereocenters. The molecule has 0 amide bonds. The molecule has 2 rings (SSSR count). The number of sulfonamides is 1. The van der Waals surface area contributed by atoms with Crippen molar-refractivity contribution >= 4 is 15.7 Å². The van der Waals surface area contributed by atoms with Crippen molar-refractivity contribution in [3.63, 3.8) is 0 Å². The maximum absolute atomic E-state index is 11.2. The molecular weight excluding hydrogens is 312 g/mol. The van der Waals surface area contributed by atoms with Gasteiger partial charge >= 0.3 is 5.69 Å². The Morgan fingerprint density at radius 2 is 2.05 bits per heavy atom. The van der Waals surface area contributed by atoms with E-state index in [-0.39, 0.29) is 10.6 Å². The molecule has 0 saturated carbocycles. The second kappa shape index (κ2) is 7.03. The smallest absolute Gasteiger partial charge is 0.312 e. The molecule has 1 saturated heterocycles. The zero-order valence-corrected chi connectivity index (χ0v) is 12.8. The number of ether oxygens (including phenoxy) is 2. The van der Waals surface area contributed by atoms with Gasteiger partial charge in [0.1, 0.15) is 0 Å². The summed E-state index contributed by atoms with van der Waals surface area (Å²) in [6.45, 7) is 1.79. The lowest BCUT2D eigenvalue weighted by molar-refractivity contribution is -0.386. The van der Waals surface area contributed by atoms with E-state index in [1.807, 2.05) is 0 Å². The van der Waals surface area contributed by atoms with Crippen LogP contribution in [-0.2, 0) is 14.8 Å². The van der Waals surface area contributed by atoms with Crippen molar-refractivity contribution < 1.29 is 22.8 Å². The van der Waals surface area contributed by atoms with Gasteiger partial charge in [0, 0.05) is 19.3 Å². The lowest BCUT2D eigenvalue weighted by atomic mass is 9.97. The van der Waals surface area contributed by atoms with Crippen LogP contribution in [0.25, 0.3) is 0 Å². The van der Waals surface area contributed by atoms with Gasteiger partial charge in [-0.2, -0.15) is 0 Å². The van der Waals surface area contributed by atoms with Crippen molar-refractivity contribution in [2.24, 2.45) is 11.1 Å². The van der Waals surface area contributed by atoms with Gasteiger partial charge in [0.2, 0.25) is 10.0 Å². The Morgan fingerprint density at radius 3 is 2.64 bits per heavy atom. The maximum Gasteiger partial charge on any atom is 0.312 e. The minimum atomic E-state index is -3.99. The molecule has 0 aliphatic carbocycles. The van der Waals surface area contributed by atoms with Gasteiger partial charge in [0.25, 0.3) is 0 Å². The summed E-state index contributed by atoms with van der Waals surface area (Å²) < 4.78 is 33.2. The Morgan fingerprint density at radius 1 is 1.36 bits per heavy atom. The number of nitro benzene ring substituents is 1. The van der Waals surface area contributed by atoms with Crippen LogP contribution in [0.1, 0.15) is 19.3 Å². The molecule has 122 valence electrons. The topological polar surface area (TPSA) is 122 Å². The van der Waals surface area contributed by atoms with E-state index in [0.29, 0.717) is 12.5 Å². The molecule has 8 nitrogen and oxygen atoms in total. The first-order valence-electron chi connectivity index (χ1n) is 6.89. The van der Waals surface area contributed by atoms with Crippen molar-refractivity contribution in [1.82, 2.24) is 0 Å². The van der Waals surface area contributed by atoms with Gasteiger partial charge in [-0.05, 0) is 37.3 Å². The molecule has 1 fully saturated rings. The quantitative estimate of drug-likeness (QED) is 0.622. The lowest BCUT2D eigenvalue weighted by Crippen LogP contribution is -2.18. The zero-order valence-electron chi connectivity index (χ0n) is 11.9. The number of hydrogen-bond acceptors (Lipinski definition) is 6. The highest BCUT2D eigenvalue weighted by atomic mass is 32.2. The minimum Gasteiger partial charge on any atom is -0.487 e. The van der Waals surface area contributed by atoms with Crippen molar-refractivity contribution in [2.45, 2.75) is 24.2 Å². The summed E-state index contributed by atoms with van der Waals surface area (Å²) in [6.07, 6.45) is 2.68. The van der Waals surface area contributed by atoms with Gasteiger partial charge in [-0.15, -0.1) is 0 Å². The number of hydrogen-bond donors (Lipinski definition) is 1. The highest BCUT2D eigenvalue weighted by Crippen LogP contribution is 2.30. The first-order valence-corrected chi connectivity index (χ1v) is 8.44. The predicted octanol–water partition coefficient (Wildman–Crippen LogP) is 1.44. The molecule has 0 bridgehead atoms. The van der Waals surface area contributed by atoms with Gasteiger partial charge in [-0.1, -0.05) is 0 Å². The average Bonchev–Trinajstić information content (AvgIpc) is 2.47. The molecule has 0 unspecified atom stereocenters. The zero-order chi connectivity index (χ0) is 16.2. The van der Waals surface area contributed by atoms with E-state index in [9.17, 15) is 18.5 Å². The minimum absolute atomic E-state index is 0.0458. The molecule has 1 aliphatic heterocycles. The van der Waals surface area contributed by atoms with Crippen LogP contribution in [0.5, 0.6) is 5.75 Å². The van der Waals surface area contributed by atoms with Crippen molar-refractivity contribution in [2.75, 3.05) is 19.8 Å². The third-order valence-corrected chi connectivity index (χ3v) is 4.49. The summed E-state index contributed by atoms with van der Waals surface area (Å²) in [5.74, 6) is 0.529. The number of nitrogens with zero attached hydrogens (tertiary/aromatic N) is 1. The molecule has 9 heteroatoms. The first kappa shape index (κ1) is 16.7. The SMILES string of the molecule is NS(=O)(=O)c1ccc(OCCC2CCOCC2)c([N+](=O)[O-])c1. The fourth-order valence-corrected chi connectivity index (χ4v) is 2.84. The van der Waals surface area contributed by atoms with E-state index >= 15 is 0 Å². The number of nitro groups is 1. The predicted molar refractivity (Wildman–Crippen MR) is 78.1 cm³/mol. The average molecular weight is 330 g/mol. The summed E-state index contributed by atoms with van der Waals surface area (Å²) in [6, 6.07) is 3.38. The second-order valence-corrected chi connectivity index (χ2v) is 6.69. The Labute approximate surface area is 128 Å². The van der Waals surface area contributed by atoms with E-state index in [1.54, 1.807) is 0 Å². The van der Waals surface area contributed by atoms with Crippen molar-refractivity contribution in [3.8, 4) is 5.75 Å². The number of nitrogens with two attached hydrogens (primary N) is 1. The van der Waals surface area contributed by atoms with Crippen LogP contribution in [-0.4, -0.2) is 33.2 Å². The van der Waals surface area contributed by atoms with Crippen LogP contribution >= 0.6 is 0 Å². The largest absolute Gasteiger partial charge is 0.487 e. The molecule has 0 spiro atoms. The summed E-state index contributed by atoms with van der Waals surface area (Å²) in [5, 5.41) is 16.0. The summed E-state index contributed by atoms with van der Waals surface area (Å²) in [5.41, 5.74) is -0.404. The Hall–Kier alpha value is -1.71. The fourth-order valence-electron chi connectivity index (χ4n) is 2.31. The number of rotatable bonds is 6. The van der Waals surface area contributed by atoms with E-state index in [0.717, 1.165) is 38.5 Å². The third-order valence-electron chi connectivity index (χ3n) is 3.58. The molecule has 1 aliphatic rings. The standard InChI is InChI=1S/C13H18N2O6S/c14-22(18,19)11-1-2-13(12(9-11)15(16)17)21-8-5-10-3-6-20-7-4-10/h1-2,9-10H,3-8H2,(H2,14,18,19). The van der Waals surface area contributed by atoms with E-state index in [1.165, 1.54) is 12.1 Å². The van der Waals surface area contributed by atoms with Gasteiger partial charge in [-0.25, -0.2) is 13.6 Å². The summed E-state index contributed by atoms with van der Waals surface area (Å²) >= 11 is 0. The van der Waals surface area contributed by atoms with E-state index < -0.39 is 20.6 Å². The van der Waals surface area contributed by atoms with Crippen LogP contribution in [0, 0.1) is 16.0 Å². The molecule has 1 heterocycles. The van der Waals surface area contributed by atoms with Crippen LogP contribution in [0.15, 0.2) is 23.1 Å². The Bertz CT molecular complexity index is 640. The summed E-state index contributed by atoms with van der Waals surface area (Å²) in [7, 11) is -3.99. The highest BCUT2D eigenvalue weighted by Gasteiger charge is 2.21. The molecule has 1 aromatic rings. The fraction of sp³-hybridized carbons (Fsp3) is 0.538. The normalized spacial score (nSPS) is 16.4. The van der Waals surface area contributed by atoms with E-state index in [4.69, 9.17) is 14.6 Å². The van der Waals surface area contributed by atoms with Gasteiger partial charge < -0.3 is 9.47 Å². The monoisotopic (exact) mass is 330 g/mol. The molecule has 2 N–H and O–H groups in total. The number of primary sulfonamides is 1. The molecule has 0 aromatic heterocycles. The van der Waals surface area contributed by atoms with Gasteiger partial charge in [-0.3, -0.25) is 10.1 Å². The Balaban J connectivity index is 2.05. The van der Waals surface area contributed by atoms with Crippen LogP contribution in [0.2, 0.25) is 0 Å². The highest BCUT2D eigenvalue weighted by molar-refractivity contribution is 7.89. The number of benzene rings is 1.